The van der Waals surface area contributed by atoms with Crippen LogP contribution in [-0.4, -0.2) is 42.2 Å². The molecule has 3 heteroatoms. The third kappa shape index (κ3) is 4.80. The Balaban J connectivity index is 1.97. The molecule has 1 heterocycles. The Bertz CT molecular complexity index is 405. The molecule has 1 saturated heterocycles. The minimum absolute atomic E-state index is 0.556. The Hall–Kier alpha value is -0.900. The fourth-order valence-electron chi connectivity index (χ4n) is 3.23. The van der Waals surface area contributed by atoms with Crippen molar-refractivity contribution >= 4 is 0 Å². The maximum atomic E-state index is 10.9. The zero-order chi connectivity index (χ0) is 15.1. The van der Waals surface area contributed by atoms with E-state index in [4.69, 9.17) is 0 Å². The number of hydrogen-bond donors (Lipinski definition) is 2. The molecule has 2 rings (SSSR count). The molecule has 1 aromatic carbocycles. The van der Waals surface area contributed by atoms with Crippen LogP contribution in [0.3, 0.4) is 0 Å². The van der Waals surface area contributed by atoms with Crippen molar-refractivity contribution in [1.82, 2.24) is 10.2 Å². The van der Waals surface area contributed by atoms with Gasteiger partial charge in [0.1, 0.15) is 0 Å². The van der Waals surface area contributed by atoms with E-state index in [1.54, 1.807) is 0 Å². The van der Waals surface area contributed by atoms with Crippen LogP contribution in [0.4, 0.5) is 0 Å². The molecule has 0 aliphatic carbocycles. The molecule has 2 atom stereocenters. The van der Waals surface area contributed by atoms with E-state index in [2.05, 4.69) is 17.1 Å². The van der Waals surface area contributed by atoms with Gasteiger partial charge in [-0.05, 0) is 44.8 Å². The highest BCUT2D eigenvalue weighted by atomic mass is 16.3. The lowest BCUT2D eigenvalue weighted by Crippen LogP contribution is -2.50. The maximum Gasteiger partial charge on any atom is 0.0994 e. The predicted molar refractivity (Wildman–Crippen MR) is 88.4 cm³/mol. The predicted octanol–water partition coefficient (Wildman–Crippen LogP) is 2.75. The number of benzene rings is 1. The van der Waals surface area contributed by atoms with Crippen molar-refractivity contribution in [3.8, 4) is 0 Å². The quantitative estimate of drug-likeness (QED) is 0.758. The largest absolute Gasteiger partial charge is 0.384 e. The van der Waals surface area contributed by atoms with Crippen LogP contribution >= 0.6 is 0 Å². The second kappa shape index (κ2) is 7.92. The number of aliphatic hydroxyl groups is 1. The van der Waals surface area contributed by atoms with Gasteiger partial charge in [0.15, 0.2) is 0 Å². The van der Waals surface area contributed by atoms with Crippen LogP contribution in [0.15, 0.2) is 30.3 Å². The first-order chi connectivity index (χ1) is 10.1. The molecular formula is C18H30N2O. The summed E-state index contributed by atoms with van der Waals surface area (Å²) >= 11 is 0. The summed E-state index contributed by atoms with van der Waals surface area (Å²) in [5.41, 5.74) is 0.234. The third-order valence-electron chi connectivity index (χ3n) is 4.46. The smallest absolute Gasteiger partial charge is 0.0994 e. The van der Waals surface area contributed by atoms with E-state index in [-0.39, 0.29) is 0 Å². The van der Waals surface area contributed by atoms with Gasteiger partial charge in [-0.15, -0.1) is 0 Å². The van der Waals surface area contributed by atoms with E-state index in [0.29, 0.717) is 6.04 Å². The van der Waals surface area contributed by atoms with E-state index in [1.807, 2.05) is 37.3 Å². The van der Waals surface area contributed by atoms with Crippen molar-refractivity contribution in [3.05, 3.63) is 35.9 Å². The topological polar surface area (TPSA) is 35.5 Å². The second-order valence-electron chi connectivity index (χ2n) is 6.46. The first kappa shape index (κ1) is 16.5. The fraction of sp³-hybridized carbons (Fsp3) is 0.667. The number of hydrogen-bond acceptors (Lipinski definition) is 3. The van der Waals surface area contributed by atoms with E-state index in [9.17, 15) is 5.11 Å². The summed E-state index contributed by atoms with van der Waals surface area (Å²) in [5.74, 6) is 0. The molecule has 1 aromatic rings. The molecule has 1 aliphatic rings. The van der Waals surface area contributed by atoms with Gasteiger partial charge in [0.25, 0.3) is 0 Å². The average Bonchev–Trinajstić information content (AvgIpc) is 2.50. The molecule has 21 heavy (non-hydrogen) atoms. The van der Waals surface area contributed by atoms with Crippen LogP contribution in [0.1, 0.15) is 45.1 Å². The zero-order valence-electron chi connectivity index (χ0n) is 13.5. The Labute approximate surface area is 129 Å². The van der Waals surface area contributed by atoms with Crippen molar-refractivity contribution in [2.24, 2.45) is 0 Å². The van der Waals surface area contributed by atoms with Crippen LogP contribution in [0.5, 0.6) is 0 Å². The molecule has 1 fully saturated rings. The summed E-state index contributed by atoms with van der Waals surface area (Å²) < 4.78 is 0. The zero-order valence-corrected chi connectivity index (χ0v) is 13.5. The minimum Gasteiger partial charge on any atom is -0.384 e. The molecule has 0 spiro atoms. The van der Waals surface area contributed by atoms with Crippen molar-refractivity contribution in [2.75, 3.05) is 26.2 Å². The molecule has 0 bridgehead atoms. The highest BCUT2D eigenvalue weighted by molar-refractivity contribution is 5.21. The number of β-amino-alcohol motifs (C(OH)–C–C–N with tert-alkyl or cyclic N) is 1. The molecule has 0 radical (unpaired) electrons. The monoisotopic (exact) mass is 290 g/mol. The number of piperidine rings is 1. The number of nitrogens with one attached hydrogen (secondary N) is 1. The number of rotatable bonds is 7. The SMILES string of the molecule is CCCNCC1CCCCN1CC(C)(O)c1ccccc1. The summed E-state index contributed by atoms with van der Waals surface area (Å²) in [4.78, 5) is 2.47. The Morgan fingerprint density at radius 1 is 1.29 bits per heavy atom. The number of nitrogens with zero attached hydrogens (tertiary/aromatic N) is 1. The number of likely N-dealkylation sites (tertiary alicyclic amines) is 1. The van der Waals surface area contributed by atoms with E-state index in [0.717, 1.165) is 31.7 Å². The molecular weight excluding hydrogens is 260 g/mol. The van der Waals surface area contributed by atoms with Crippen molar-refractivity contribution in [1.29, 1.82) is 0 Å². The maximum absolute atomic E-state index is 10.9. The van der Waals surface area contributed by atoms with Crippen LogP contribution in [0.2, 0.25) is 0 Å². The lowest BCUT2D eigenvalue weighted by molar-refractivity contribution is -0.00711. The van der Waals surface area contributed by atoms with Crippen molar-refractivity contribution in [3.63, 3.8) is 0 Å². The van der Waals surface area contributed by atoms with Gasteiger partial charge in [0.2, 0.25) is 0 Å². The average molecular weight is 290 g/mol. The summed E-state index contributed by atoms with van der Waals surface area (Å²) in [6, 6.07) is 10.6. The summed E-state index contributed by atoms with van der Waals surface area (Å²) in [6.45, 7) is 8.08. The molecule has 3 nitrogen and oxygen atoms in total. The molecule has 2 unspecified atom stereocenters. The first-order valence-corrected chi connectivity index (χ1v) is 8.36. The molecule has 118 valence electrons. The van der Waals surface area contributed by atoms with Crippen LogP contribution in [-0.2, 0) is 5.60 Å². The Kier molecular flexibility index (Phi) is 6.22. The van der Waals surface area contributed by atoms with E-state index < -0.39 is 5.60 Å². The van der Waals surface area contributed by atoms with Gasteiger partial charge in [0, 0.05) is 19.1 Å². The van der Waals surface area contributed by atoms with Gasteiger partial charge in [-0.25, -0.2) is 0 Å². The molecule has 0 saturated carbocycles. The van der Waals surface area contributed by atoms with Gasteiger partial charge in [-0.2, -0.15) is 0 Å². The fourth-order valence-corrected chi connectivity index (χ4v) is 3.23. The highest BCUT2D eigenvalue weighted by Crippen LogP contribution is 2.25. The second-order valence-corrected chi connectivity index (χ2v) is 6.46. The Morgan fingerprint density at radius 3 is 2.76 bits per heavy atom. The lowest BCUT2D eigenvalue weighted by Gasteiger charge is -2.40. The van der Waals surface area contributed by atoms with Gasteiger partial charge in [-0.1, -0.05) is 43.7 Å². The summed E-state index contributed by atoms with van der Waals surface area (Å²) in [5, 5.41) is 14.4. The summed E-state index contributed by atoms with van der Waals surface area (Å²) in [6.07, 6.45) is 4.97. The Morgan fingerprint density at radius 2 is 2.05 bits per heavy atom. The van der Waals surface area contributed by atoms with Crippen molar-refractivity contribution in [2.45, 2.75) is 51.2 Å². The van der Waals surface area contributed by atoms with E-state index in [1.165, 1.54) is 25.7 Å². The van der Waals surface area contributed by atoms with Gasteiger partial charge in [-0.3, -0.25) is 4.90 Å². The third-order valence-corrected chi connectivity index (χ3v) is 4.46. The molecule has 1 aliphatic heterocycles. The van der Waals surface area contributed by atoms with Crippen LogP contribution < -0.4 is 5.32 Å². The van der Waals surface area contributed by atoms with Crippen LogP contribution in [0.25, 0.3) is 0 Å². The van der Waals surface area contributed by atoms with Gasteiger partial charge >= 0.3 is 0 Å². The van der Waals surface area contributed by atoms with Crippen molar-refractivity contribution < 1.29 is 5.11 Å². The normalized spacial score (nSPS) is 22.9. The standard InChI is InChI=1S/C18H30N2O/c1-3-12-19-14-17-11-7-8-13-20(17)15-18(2,21)16-9-5-4-6-10-16/h4-6,9-10,17,19,21H,3,7-8,11-15H2,1-2H3. The van der Waals surface area contributed by atoms with Gasteiger partial charge < -0.3 is 10.4 Å². The lowest BCUT2D eigenvalue weighted by atomic mass is 9.92. The van der Waals surface area contributed by atoms with E-state index >= 15 is 0 Å². The van der Waals surface area contributed by atoms with Gasteiger partial charge in [0.05, 0.1) is 5.60 Å². The van der Waals surface area contributed by atoms with Crippen LogP contribution in [0, 0.1) is 0 Å². The molecule has 0 aromatic heterocycles. The first-order valence-electron chi connectivity index (χ1n) is 8.36. The summed E-state index contributed by atoms with van der Waals surface area (Å²) in [7, 11) is 0. The minimum atomic E-state index is -0.776. The highest BCUT2D eigenvalue weighted by Gasteiger charge is 2.30. The molecule has 2 N–H and O–H groups in total. The molecule has 0 amide bonds.